The van der Waals surface area contributed by atoms with E-state index in [1.54, 1.807) is 17.8 Å². The van der Waals surface area contributed by atoms with E-state index in [0.29, 0.717) is 36.5 Å². The van der Waals surface area contributed by atoms with Gasteiger partial charge >= 0.3 is 5.97 Å². The summed E-state index contributed by atoms with van der Waals surface area (Å²) in [6.45, 7) is 4.75. The topological polar surface area (TPSA) is 99.5 Å². The molecule has 2 heterocycles. The molecule has 9 nitrogen and oxygen atoms in total. The molecular formula is C22H29N5O4S. The van der Waals surface area contributed by atoms with Crippen molar-refractivity contribution in [2.24, 2.45) is 4.99 Å². The lowest BCUT2D eigenvalue weighted by Crippen LogP contribution is -2.52. The highest BCUT2D eigenvalue weighted by molar-refractivity contribution is 7.98. The second kappa shape index (κ2) is 11.1. The van der Waals surface area contributed by atoms with Gasteiger partial charge in [0.15, 0.2) is 0 Å². The van der Waals surface area contributed by atoms with Crippen molar-refractivity contribution >= 4 is 35.1 Å². The number of aryl methyl sites for hydroxylation is 1. The van der Waals surface area contributed by atoms with Gasteiger partial charge in [-0.15, -0.1) is 11.8 Å². The number of hydrogen-bond acceptors (Lipinski definition) is 8. The number of anilines is 1. The van der Waals surface area contributed by atoms with Crippen LogP contribution in [0, 0.1) is 0 Å². The number of aromatic nitrogens is 1. The lowest BCUT2D eigenvalue weighted by molar-refractivity contribution is 0.0599. The number of hydrogen-bond donors (Lipinski definition) is 2. The van der Waals surface area contributed by atoms with Crippen molar-refractivity contribution in [2.75, 3.05) is 51.6 Å². The van der Waals surface area contributed by atoms with Gasteiger partial charge < -0.3 is 19.3 Å². The number of para-hydroxylation sites is 1. The van der Waals surface area contributed by atoms with Crippen LogP contribution in [0.5, 0.6) is 5.88 Å². The highest BCUT2D eigenvalue weighted by Crippen LogP contribution is 2.31. The van der Waals surface area contributed by atoms with Gasteiger partial charge in [-0.05, 0) is 30.9 Å². The fourth-order valence-corrected chi connectivity index (χ4v) is 4.26. The van der Waals surface area contributed by atoms with E-state index in [4.69, 9.17) is 9.47 Å². The summed E-state index contributed by atoms with van der Waals surface area (Å²) in [6, 6.07) is 9.91. The zero-order valence-electron chi connectivity index (χ0n) is 18.8. The average Bonchev–Trinajstić information content (AvgIpc) is 2.86. The van der Waals surface area contributed by atoms with Gasteiger partial charge in [0.2, 0.25) is 11.8 Å². The number of ether oxygens (including phenoxy) is 2. The maximum Gasteiger partial charge on any atom is 0.339 e. The van der Waals surface area contributed by atoms with Gasteiger partial charge in [-0.1, -0.05) is 19.1 Å². The first-order chi connectivity index (χ1) is 15.6. The van der Waals surface area contributed by atoms with Crippen molar-refractivity contribution in [1.82, 2.24) is 15.4 Å². The number of carbonyl (C=O) groups is 1. The molecule has 2 aromatic rings. The number of nitrogens with one attached hydrogen (secondary N) is 1. The first-order valence-corrected chi connectivity index (χ1v) is 11.6. The molecule has 0 amide bonds. The predicted octanol–water partition coefficient (Wildman–Crippen LogP) is 2.95. The molecule has 1 aliphatic heterocycles. The number of methoxy groups -OCH3 is 2. The molecule has 1 aliphatic rings. The Morgan fingerprint density at radius 1 is 1.25 bits per heavy atom. The molecule has 2 N–H and O–H groups in total. The number of piperazine rings is 1. The van der Waals surface area contributed by atoms with Crippen LogP contribution in [0.1, 0.15) is 23.0 Å². The summed E-state index contributed by atoms with van der Waals surface area (Å²) in [6.07, 6.45) is 2.61. The zero-order chi connectivity index (χ0) is 23.1. The molecule has 0 saturated carbocycles. The number of carbonyl (C=O) groups excluding carboxylic acids is 1. The summed E-state index contributed by atoms with van der Waals surface area (Å²) in [5.41, 5.74) is 4.62. The van der Waals surface area contributed by atoms with Crippen molar-refractivity contribution in [3.63, 3.8) is 0 Å². The van der Waals surface area contributed by atoms with Crippen LogP contribution in [0.25, 0.3) is 0 Å². The van der Waals surface area contributed by atoms with E-state index in [2.05, 4.69) is 38.7 Å². The number of esters is 1. The molecule has 1 saturated heterocycles. The minimum Gasteiger partial charge on any atom is -0.479 e. The first kappa shape index (κ1) is 23.7. The van der Waals surface area contributed by atoms with E-state index in [1.807, 2.05) is 24.0 Å². The number of rotatable bonds is 6. The predicted molar refractivity (Wildman–Crippen MR) is 126 cm³/mol. The zero-order valence-corrected chi connectivity index (χ0v) is 19.6. The number of thioether (sulfide) groups is 1. The van der Waals surface area contributed by atoms with Crippen LogP contribution in [0.15, 0.2) is 40.2 Å². The van der Waals surface area contributed by atoms with E-state index >= 15 is 0 Å². The van der Waals surface area contributed by atoms with Crippen LogP contribution in [-0.2, 0) is 11.2 Å². The van der Waals surface area contributed by atoms with Crippen LogP contribution in [0.2, 0.25) is 0 Å². The molecule has 0 atom stereocenters. The molecular weight excluding hydrogens is 430 g/mol. The Balaban J connectivity index is 1.84. The normalized spacial score (nSPS) is 14.3. The molecule has 10 heteroatoms. The van der Waals surface area contributed by atoms with Gasteiger partial charge in [-0.2, -0.15) is 0 Å². The fourth-order valence-electron chi connectivity index (χ4n) is 3.64. The molecule has 32 heavy (non-hydrogen) atoms. The van der Waals surface area contributed by atoms with E-state index in [1.165, 1.54) is 24.8 Å². The standard InChI is InChI=1S/C22H29N5O4S/c1-5-16-15(21(28)31-3)14-17(20(23-16)30-2)24-22(25-29)27-12-10-26(11-13-27)18-8-6-7-9-19(18)32-4/h6-9,14,29H,5,10-13H2,1-4H3,(H,24,25). The average molecular weight is 460 g/mol. The molecule has 1 aromatic heterocycles. The number of aliphatic imine (C=N–C) groups is 1. The Hall–Kier alpha value is -2.98. The van der Waals surface area contributed by atoms with Crippen LogP contribution >= 0.6 is 11.8 Å². The quantitative estimate of drug-likeness (QED) is 0.222. The van der Waals surface area contributed by atoms with E-state index in [-0.39, 0.29) is 11.8 Å². The summed E-state index contributed by atoms with van der Waals surface area (Å²) in [7, 11) is 2.82. The number of nitrogens with zero attached hydrogens (tertiary/aromatic N) is 4. The van der Waals surface area contributed by atoms with Crippen molar-refractivity contribution in [3.05, 3.63) is 41.6 Å². The molecule has 1 aromatic carbocycles. The number of guanidine groups is 1. The summed E-state index contributed by atoms with van der Waals surface area (Å²) >= 11 is 1.72. The summed E-state index contributed by atoms with van der Waals surface area (Å²) in [5.74, 6) is 0.0470. The SMILES string of the molecule is CCc1nc(OC)c(N=C(NO)N2CCN(c3ccccc3SC)CC2)cc1C(=O)OC. The molecule has 0 aliphatic carbocycles. The summed E-state index contributed by atoms with van der Waals surface area (Å²) in [5, 5.41) is 9.80. The Morgan fingerprint density at radius 3 is 2.56 bits per heavy atom. The molecule has 0 radical (unpaired) electrons. The van der Waals surface area contributed by atoms with Crippen LogP contribution in [0.4, 0.5) is 11.4 Å². The van der Waals surface area contributed by atoms with Gasteiger partial charge in [-0.3, -0.25) is 5.21 Å². The van der Waals surface area contributed by atoms with E-state index < -0.39 is 5.97 Å². The Morgan fingerprint density at radius 2 is 1.97 bits per heavy atom. The van der Waals surface area contributed by atoms with Gasteiger partial charge in [0, 0.05) is 31.1 Å². The van der Waals surface area contributed by atoms with Crippen LogP contribution in [0.3, 0.4) is 0 Å². The van der Waals surface area contributed by atoms with Gasteiger partial charge in [0.25, 0.3) is 0 Å². The highest BCUT2D eigenvalue weighted by atomic mass is 32.2. The second-order valence-electron chi connectivity index (χ2n) is 7.05. The van der Waals surface area contributed by atoms with Gasteiger partial charge in [0.1, 0.15) is 5.69 Å². The Bertz CT molecular complexity index is 977. The summed E-state index contributed by atoms with van der Waals surface area (Å²) < 4.78 is 10.3. The number of benzene rings is 1. The number of hydroxylamine groups is 1. The molecule has 1 fully saturated rings. The van der Waals surface area contributed by atoms with Crippen molar-refractivity contribution in [3.8, 4) is 5.88 Å². The third-order valence-electron chi connectivity index (χ3n) is 5.31. The first-order valence-electron chi connectivity index (χ1n) is 10.3. The highest BCUT2D eigenvalue weighted by Gasteiger charge is 2.23. The van der Waals surface area contributed by atoms with Gasteiger partial charge in [0.05, 0.1) is 31.2 Å². The lowest BCUT2D eigenvalue weighted by Gasteiger charge is -2.37. The molecule has 0 unspecified atom stereocenters. The van der Waals surface area contributed by atoms with Crippen molar-refractivity contribution < 1.29 is 19.5 Å². The minimum atomic E-state index is -0.493. The minimum absolute atomic E-state index is 0.267. The molecule has 0 spiro atoms. The van der Waals surface area contributed by atoms with E-state index in [0.717, 1.165) is 13.1 Å². The molecule has 172 valence electrons. The maximum absolute atomic E-state index is 12.2. The second-order valence-corrected chi connectivity index (χ2v) is 7.90. The van der Waals surface area contributed by atoms with Crippen molar-refractivity contribution in [1.29, 1.82) is 0 Å². The molecule has 0 bridgehead atoms. The third kappa shape index (κ3) is 5.08. The largest absolute Gasteiger partial charge is 0.479 e. The monoisotopic (exact) mass is 459 g/mol. The third-order valence-corrected chi connectivity index (χ3v) is 6.10. The van der Waals surface area contributed by atoms with Crippen molar-refractivity contribution in [2.45, 2.75) is 18.2 Å². The Kier molecular flexibility index (Phi) is 8.18. The Labute approximate surface area is 192 Å². The lowest BCUT2D eigenvalue weighted by atomic mass is 10.1. The fraction of sp³-hybridized carbons (Fsp3) is 0.409. The van der Waals surface area contributed by atoms with E-state index in [9.17, 15) is 10.0 Å². The molecule has 3 rings (SSSR count). The number of pyridine rings is 1. The maximum atomic E-state index is 12.2. The smallest absolute Gasteiger partial charge is 0.339 e. The van der Waals surface area contributed by atoms with Crippen LogP contribution in [-0.4, -0.2) is 73.7 Å². The van der Waals surface area contributed by atoms with Gasteiger partial charge in [-0.25, -0.2) is 20.3 Å². The van der Waals surface area contributed by atoms with Crippen LogP contribution < -0.4 is 15.1 Å². The summed E-state index contributed by atoms with van der Waals surface area (Å²) in [4.78, 5) is 26.6.